The van der Waals surface area contributed by atoms with Crippen LogP contribution in [-0.4, -0.2) is 0 Å². The Bertz CT molecular complexity index is 6630. The van der Waals surface area contributed by atoms with Crippen molar-refractivity contribution in [3.63, 3.8) is 0 Å². The van der Waals surface area contributed by atoms with Crippen molar-refractivity contribution in [1.29, 1.82) is 0 Å². The van der Waals surface area contributed by atoms with Gasteiger partial charge in [0, 0.05) is 34.4 Å². The van der Waals surface area contributed by atoms with Gasteiger partial charge < -0.3 is 0 Å². The third-order valence-corrected chi connectivity index (χ3v) is 25.7. The Hall–Kier alpha value is -11.6. The first-order chi connectivity index (χ1) is 59.5. The minimum atomic E-state index is -4.64. The van der Waals surface area contributed by atoms with Crippen LogP contribution in [0.1, 0.15) is 222 Å². The van der Waals surface area contributed by atoms with E-state index in [1.165, 1.54) is 48.5 Å². The molecule has 0 amide bonds. The molecule has 0 saturated heterocycles. The Labute approximate surface area is 748 Å². The minimum Gasteiger partial charge on any atom is -0.207 e. The van der Waals surface area contributed by atoms with Gasteiger partial charge in [-0.05, 0) is 292 Å². The lowest BCUT2D eigenvalue weighted by atomic mass is 9.75. The summed E-state index contributed by atoms with van der Waals surface area (Å²) in [5.74, 6) is -2.78. The smallest absolute Gasteiger partial charge is 0.207 e. The Kier molecular flexibility index (Phi) is 23.0. The SMILES string of the molecule is CC(C)(C)c1ccc(-c2c3ccc(C(C)(C)C)cc3c(-c3ccc(F)cc3F)c3c(-c4ccc(C(C)(C)C)cc4)c4ccc(C(C)(C)C)cc4c(-c4ccc(F)cc4F)c23)cc1.CC(C)(C)c1ccc(-c2c3ccc(C(C)(C)C)cc3c(-c3cccc(C(F)(F)F)c3)c3c(-c4ccc(C(C)(C)C)cc4)c4ccc(C(C)(C)C)cc4c(-c4cccc(C(F)(F)F)c4)c23)cc1. The minimum absolute atomic E-state index is 0.122. The predicted octanol–water partition coefficient (Wildman–Crippen LogP) is 36.6. The van der Waals surface area contributed by atoms with Crippen LogP contribution < -0.4 is 0 Å². The number of rotatable bonds is 8. The van der Waals surface area contributed by atoms with E-state index in [2.05, 4.69) is 336 Å². The highest BCUT2D eigenvalue weighted by Gasteiger charge is 2.37. The summed E-state index contributed by atoms with van der Waals surface area (Å²) < 4.78 is 153. The molecule has 0 radical (unpaired) electrons. The van der Waals surface area contributed by atoms with Crippen LogP contribution in [0.2, 0.25) is 0 Å². The molecule has 16 rings (SSSR count). The van der Waals surface area contributed by atoms with Crippen LogP contribution in [0.25, 0.3) is 154 Å². The molecule has 0 aliphatic rings. The van der Waals surface area contributed by atoms with Gasteiger partial charge in [0.15, 0.2) is 0 Å². The molecule has 0 N–H and O–H groups in total. The van der Waals surface area contributed by atoms with Gasteiger partial charge in [-0.3, -0.25) is 0 Å². The van der Waals surface area contributed by atoms with Crippen LogP contribution in [0, 0.1) is 23.3 Å². The van der Waals surface area contributed by atoms with Crippen molar-refractivity contribution >= 4 is 64.6 Å². The van der Waals surface area contributed by atoms with Crippen molar-refractivity contribution in [2.45, 2.75) is 222 Å². The van der Waals surface area contributed by atoms with Crippen LogP contribution in [0.15, 0.2) is 255 Å². The fourth-order valence-corrected chi connectivity index (χ4v) is 18.3. The molecule has 0 bridgehead atoms. The fraction of sp³-hybridized carbons (Fsp3) is 0.288. The number of alkyl halides is 6. The molecule has 0 saturated carbocycles. The van der Waals surface area contributed by atoms with Gasteiger partial charge in [0.2, 0.25) is 0 Å². The molecule has 0 aromatic heterocycles. The second kappa shape index (κ2) is 32.2. The molecule has 16 aromatic carbocycles. The molecule has 128 heavy (non-hydrogen) atoms. The highest BCUT2D eigenvalue weighted by molar-refractivity contribution is 6.36. The number of benzene rings is 16. The first-order valence-electron chi connectivity index (χ1n) is 44.2. The Morgan fingerprint density at radius 2 is 0.367 bits per heavy atom. The Morgan fingerprint density at radius 3 is 0.578 bits per heavy atom. The Morgan fingerprint density at radius 1 is 0.164 bits per heavy atom. The van der Waals surface area contributed by atoms with Crippen molar-refractivity contribution in [3.05, 3.63) is 334 Å². The molecular weight excluding hydrogens is 1610 g/mol. The topological polar surface area (TPSA) is 0 Å². The van der Waals surface area contributed by atoms with E-state index in [9.17, 15) is 35.1 Å². The molecule has 0 unspecified atom stereocenters. The average molecular weight is 1720 g/mol. The van der Waals surface area contributed by atoms with Crippen molar-refractivity contribution in [2.75, 3.05) is 0 Å². The average Bonchev–Trinajstić information content (AvgIpc) is 0.694. The third kappa shape index (κ3) is 17.4. The molecule has 0 spiro atoms. The molecule has 0 heterocycles. The zero-order valence-corrected chi connectivity index (χ0v) is 78.0. The van der Waals surface area contributed by atoms with E-state index in [0.717, 1.165) is 156 Å². The summed E-state index contributed by atoms with van der Waals surface area (Å²) in [7, 11) is 0. The van der Waals surface area contributed by atoms with Crippen molar-refractivity contribution in [2.24, 2.45) is 0 Å². The Balaban J connectivity index is 0.000000197. The van der Waals surface area contributed by atoms with E-state index >= 15 is 8.78 Å². The maximum atomic E-state index is 16.9. The number of halogens is 10. The maximum absolute atomic E-state index is 16.9. The van der Waals surface area contributed by atoms with E-state index in [-0.39, 0.29) is 54.4 Å². The quantitative estimate of drug-likeness (QED) is 0.105. The molecule has 0 fully saturated rings. The van der Waals surface area contributed by atoms with Gasteiger partial charge in [0.05, 0.1) is 11.1 Å². The first kappa shape index (κ1) is 91.1. The van der Waals surface area contributed by atoms with Gasteiger partial charge in [0.25, 0.3) is 0 Å². The second-order valence-corrected chi connectivity index (χ2v) is 43.3. The molecule has 10 heteroatoms. The van der Waals surface area contributed by atoms with Crippen molar-refractivity contribution < 1.29 is 43.9 Å². The number of fused-ring (bicyclic) bond motifs is 6. The second-order valence-electron chi connectivity index (χ2n) is 43.3. The number of hydrogen-bond acceptors (Lipinski definition) is 0. The van der Waals surface area contributed by atoms with Gasteiger partial charge in [-0.1, -0.05) is 336 Å². The van der Waals surface area contributed by atoms with Crippen LogP contribution >= 0.6 is 0 Å². The maximum Gasteiger partial charge on any atom is 0.416 e. The molecule has 0 nitrogen and oxygen atoms in total. The summed E-state index contributed by atoms with van der Waals surface area (Å²) in [6, 6.07) is 77.6. The molecule has 0 aliphatic heterocycles. The summed E-state index contributed by atoms with van der Waals surface area (Å²) in [5.41, 5.74) is 15.4. The lowest BCUT2D eigenvalue weighted by molar-refractivity contribution is -0.138. The highest BCUT2D eigenvalue weighted by Crippen LogP contribution is 2.59. The summed E-state index contributed by atoms with van der Waals surface area (Å²) >= 11 is 0. The molecule has 16 aromatic rings. The molecule has 656 valence electrons. The van der Waals surface area contributed by atoms with Crippen LogP contribution in [-0.2, 0) is 55.7 Å². The largest absolute Gasteiger partial charge is 0.416 e. The van der Waals surface area contributed by atoms with E-state index in [1.807, 2.05) is 0 Å². The zero-order chi connectivity index (χ0) is 92.9. The molecule has 0 atom stereocenters. The number of hydrogen-bond donors (Lipinski definition) is 0. The van der Waals surface area contributed by atoms with Crippen molar-refractivity contribution in [1.82, 2.24) is 0 Å². The van der Waals surface area contributed by atoms with E-state index in [1.54, 1.807) is 12.1 Å². The normalized spacial score (nSPS) is 13.1. The standard InChI is InChI=1S/C60H58F6.C58H56F4/c1-55(2,3)39-23-19-35(20-24-39)49-45-29-27-41(57(7,8)9)33-47(45)52(38-16-14-18-44(32-38)60(64,65)66)54-50(36-21-25-40(26-22-36)56(4,5)6)46-30-28-42(58(10,11)12)34-48(46)51(53(49)54)37-15-13-17-43(31-37)59(61,62)63;1-55(2,3)35-17-13-33(14-18-35)49-41-25-21-37(57(7,8)9)29-45(41)52(44-28-24-40(60)32-48(44)62)54-50(34-15-19-36(20-16-34)56(4,5)6)42-26-22-38(58(10,11)12)30-46(42)51(53(49)54)43-27-23-39(59)31-47(43)61/h13-34H,1-12H3;13-32H,1-12H3. The van der Waals surface area contributed by atoms with Crippen LogP contribution in [0.4, 0.5) is 43.9 Å². The van der Waals surface area contributed by atoms with E-state index < -0.39 is 46.7 Å². The third-order valence-electron chi connectivity index (χ3n) is 25.7. The summed E-state index contributed by atoms with van der Waals surface area (Å²) in [5, 5.41) is 9.00. The molecule has 0 aliphatic carbocycles. The lowest BCUT2D eigenvalue weighted by Gasteiger charge is -2.28. The van der Waals surface area contributed by atoms with Gasteiger partial charge in [-0.2, -0.15) is 26.3 Å². The monoisotopic (exact) mass is 1720 g/mol. The zero-order valence-electron chi connectivity index (χ0n) is 78.0. The van der Waals surface area contributed by atoms with Crippen LogP contribution in [0.3, 0.4) is 0 Å². The lowest BCUT2D eigenvalue weighted by Crippen LogP contribution is -2.12. The van der Waals surface area contributed by atoms with Gasteiger partial charge in [0.1, 0.15) is 23.3 Å². The highest BCUT2D eigenvalue weighted by atomic mass is 19.4. The van der Waals surface area contributed by atoms with E-state index in [4.69, 9.17) is 0 Å². The van der Waals surface area contributed by atoms with Gasteiger partial charge >= 0.3 is 12.4 Å². The van der Waals surface area contributed by atoms with Crippen LogP contribution in [0.5, 0.6) is 0 Å². The summed E-state index contributed by atoms with van der Waals surface area (Å²) in [6.45, 7) is 51.5. The fourth-order valence-electron chi connectivity index (χ4n) is 18.3. The first-order valence-corrected chi connectivity index (χ1v) is 44.2. The van der Waals surface area contributed by atoms with Gasteiger partial charge in [-0.15, -0.1) is 0 Å². The summed E-state index contributed by atoms with van der Waals surface area (Å²) in [4.78, 5) is 0. The van der Waals surface area contributed by atoms with Gasteiger partial charge in [-0.25, -0.2) is 17.6 Å². The summed E-state index contributed by atoms with van der Waals surface area (Å²) in [6.07, 6.45) is -9.28. The predicted molar refractivity (Wildman–Crippen MR) is 521 cm³/mol. The van der Waals surface area contributed by atoms with E-state index in [0.29, 0.717) is 54.9 Å². The molecular formula is C118H114F10. The van der Waals surface area contributed by atoms with Crippen molar-refractivity contribution in [3.8, 4) is 89.0 Å².